The summed E-state index contributed by atoms with van der Waals surface area (Å²) in [6, 6.07) is 18.1. The molecule has 0 aliphatic carbocycles. The molecule has 0 fully saturated rings. The Morgan fingerprint density at radius 3 is 1.89 bits per heavy atom. The average molecular weight is 370 g/mol. The van der Waals surface area contributed by atoms with Gasteiger partial charge in [-0.1, -0.05) is 60.7 Å². The maximum Gasteiger partial charge on any atom is 0.404 e. The summed E-state index contributed by atoms with van der Waals surface area (Å²) in [6.07, 6.45) is -0.961. The number of aliphatic hydroxyl groups is 1. The molecule has 4 N–H and O–H groups in total. The Hall–Kier alpha value is -2.86. The zero-order valence-electron chi connectivity index (χ0n) is 15.3. The lowest BCUT2D eigenvalue weighted by molar-refractivity contribution is -0.119. The number of hydrogen-bond donors (Lipinski definition) is 4. The highest BCUT2D eigenvalue weighted by Gasteiger charge is 2.25. The van der Waals surface area contributed by atoms with E-state index < -0.39 is 18.2 Å². The van der Waals surface area contributed by atoms with Crippen molar-refractivity contribution < 1.29 is 19.8 Å². The fourth-order valence-corrected chi connectivity index (χ4v) is 3.15. The van der Waals surface area contributed by atoms with Crippen LogP contribution in [-0.4, -0.2) is 40.4 Å². The van der Waals surface area contributed by atoms with E-state index in [1.807, 2.05) is 60.7 Å². The van der Waals surface area contributed by atoms with Crippen molar-refractivity contribution in [3.05, 3.63) is 71.8 Å². The lowest BCUT2D eigenvalue weighted by Gasteiger charge is -2.27. The maximum atomic E-state index is 11.6. The van der Waals surface area contributed by atoms with Crippen molar-refractivity contribution in [3.63, 3.8) is 0 Å². The number of hydrogen-bond acceptors (Lipinski definition) is 3. The number of carbonyl (C=O) groups is 2. The third-order valence-electron chi connectivity index (χ3n) is 4.33. The van der Waals surface area contributed by atoms with Crippen molar-refractivity contribution in [2.24, 2.45) is 0 Å². The van der Waals surface area contributed by atoms with E-state index in [4.69, 9.17) is 5.11 Å². The molecule has 27 heavy (non-hydrogen) atoms. The van der Waals surface area contributed by atoms with Crippen molar-refractivity contribution >= 4 is 12.0 Å². The molecule has 0 radical (unpaired) electrons. The number of carboxylic acid groups (broad SMARTS) is 1. The normalized spacial score (nSPS) is 14.0. The Labute approximate surface area is 159 Å². The summed E-state index contributed by atoms with van der Waals surface area (Å²) in [6.45, 7) is 1.43. The molecule has 2 amide bonds. The van der Waals surface area contributed by atoms with E-state index in [1.165, 1.54) is 6.92 Å². The Morgan fingerprint density at radius 1 is 0.889 bits per heavy atom. The van der Waals surface area contributed by atoms with Crippen molar-refractivity contribution in [3.8, 4) is 0 Å². The monoisotopic (exact) mass is 370 g/mol. The Balaban J connectivity index is 2.08. The van der Waals surface area contributed by atoms with Gasteiger partial charge in [0.2, 0.25) is 5.91 Å². The molecule has 0 aliphatic heterocycles. The summed E-state index contributed by atoms with van der Waals surface area (Å²) < 4.78 is 0. The smallest absolute Gasteiger partial charge is 0.404 e. The SMILES string of the molecule is CC(=O)N[C@@H](Cc1ccccc1)C[C@H](O)[C@H](Cc1ccccc1)NC(=O)O. The third kappa shape index (κ3) is 7.50. The van der Waals surface area contributed by atoms with Crippen LogP contribution in [0.5, 0.6) is 0 Å². The largest absolute Gasteiger partial charge is 0.465 e. The van der Waals surface area contributed by atoms with Gasteiger partial charge in [-0.2, -0.15) is 0 Å². The van der Waals surface area contributed by atoms with Gasteiger partial charge in [0.25, 0.3) is 0 Å². The van der Waals surface area contributed by atoms with Crippen LogP contribution in [0.3, 0.4) is 0 Å². The third-order valence-corrected chi connectivity index (χ3v) is 4.33. The minimum atomic E-state index is -1.19. The molecule has 0 heterocycles. The summed E-state index contributed by atoms with van der Waals surface area (Å²) in [5.41, 5.74) is 1.96. The van der Waals surface area contributed by atoms with Gasteiger partial charge in [0.1, 0.15) is 0 Å². The number of rotatable bonds is 9. The average Bonchev–Trinajstić information content (AvgIpc) is 2.62. The van der Waals surface area contributed by atoms with E-state index in [-0.39, 0.29) is 18.4 Å². The highest BCUT2D eigenvalue weighted by molar-refractivity contribution is 5.73. The highest BCUT2D eigenvalue weighted by atomic mass is 16.4. The van der Waals surface area contributed by atoms with E-state index >= 15 is 0 Å². The first-order chi connectivity index (χ1) is 12.9. The Kier molecular flexibility index (Phi) is 7.82. The first-order valence-electron chi connectivity index (χ1n) is 8.96. The second kappa shape index (κ2) is 10.3. The summed E-state index contributed by atoms with van der Waals surface area (Å²) in [5.74, 6) is -0.186. The Bertz CT molecular complexity index is 721. The fraction of sp³-hybridized carbons (Fsp3) is 0.333. The van der Waals surface area contributed by atoms with Gasteiger partial charge in [0.05, 0.1) is 12.1 Å². The maximum absolute atomic E-state index is 11.6. The highest BCUT2D eigenvalue weighted by Crippen LogP contribution is 2.14. The molecule has 6 nitrogen and oxygen atoms in total. The summed E-state index contributed by atoms with van der Waals surface area (Å²) in [4.78, 5) is 22.7. The molecule has 0 aliphatic rings. The number of benzene rings is 2. The lowest BCUT2D eigenvalue weighted by atomic mass is 9.93. The molecule has 2 aromatic carbocycles. The minimum Gasteiger partial charge on any atom is -0.465 e. The van der Waals surface area contributed by atoms with Crippen LogP contribution in [-0.2, 0) is 17.6 Å². The molecule has 144 valence electrons. The lowest BCUT2D eigenvalue weighted by Crippen LogP contribution is -2.48. The molecule has 0 saturated heterocycles. The van der Waals surface area contributed by atoms with Crippen LogP contribution in [0.1, 0.15) is 24.5 Å². The van der Waals surface area contributed by atoms with E-state index in [0.29, 0.717) is 12.8 Å². The number of aliphatic hydroxyl groups excluding tert-OH is 1. The van der Waals surface area contributed by atoms with Crippen LogP contribution in [0.15, 0.2) is 60.7 Å². The van der Waals surface area contributed by atoms with Gasteiger partial charge in [-0.25, -0.2) is 4.79 Å². The topological polar surface area (TPSA) is 98.7 Å². The van der Waals surface area contributed by atoms with Crippen molar-refractivity contribution in [2.45, 2.75) is 44.4 Å². The predicted molar refractivity (Wildman–Crippen MR) is 103 cm³/mol. The molecular formula is C21H26N2O4. The van der Waals surface area contributed by atoms with Crippen LogP contribution in [0, 0.1) is 0 Å². The first-order valence-corrected chi connectivity index (χ1v) is 8.96. The summed E-state index contributed by atoms with van der Waals surface area (Å²) in [7, 11) is 0. The van der Waals surface area contributed by atoms with Gasteiger partial charge in [-0.05, 0) is 30.4 Å². The summed E-state index contributed by atoms with van der Waals surface area (Å²) in [5, 5.41) is 25.1. The van der Waals surface area contributed by atoms with Gasteiger partial charge >= 0.3 is 6.09 Å². The molecule has 0 saturated carbocycles. The number of carbonyl (C=O) groups excluding carboxylic acids is 1. The molecule has 0 unspecified atom stereocenters. The molecule has 2 rings (SSSR count). The molecular weight excluding hydrogens is 344 g/mol. The van der Waals surface area contributed by atoms with E-state index in [9.17, 15) is 14.7 Å². The molecule has 0 aromatic heterocycles. The van der Waals surface area contributed by atoms with Crippen LogP contribution < -0.4 is 10.6 Å². The molecule has 0 spiro atoms. The van der Waals surface area contributed by atoms with Gasteiger partial charge in [-0.15, -0.1) is 0 Å². The molecule has 3 atom stereocenters. The van der Waals surface area contributed by atoms with Crippen LogP contribution in [0.2, 0.25) is 0 Å². The van der Waals surface area contributed by atoms with Crippen LogP contribution in [0.4, 0.5) is 4.79 Å². The second-order valence-electron chi connectivity index (χ2n) is 6.64. The van der Waals surface area contributed by atoms with Gasteiger partial charge in [0.15, 0.2) is 0 Å². The zero-order valence-corrected chi connectivity index (χ0v) is 15.3. The van der Waals surface area contributed by atoms with Crippen molar-refractivity contribution in [1.82, 2.24) is 10.6 Å². The van der Waals surface area contributed by atoms with Crippen LogP contribution >= 0.6 is 0 Å². The number of amides is 2. The van der Waals surface area contributed by atoms with Gasteiger partial charge in [0, 0.05) is 13.0 Å². The van der Waals surface area contributed by atoms with Gasteiger partial charge < -0.3 is 20.8 Å². The summed E-state index contributed by atoms with van der Waals surface area (Å²) >= 11 is 0. The van der Waals surface area contributed by atoms with Crippen molar-refractivity contribution in [2.75, 3.05) is 0 Å². The van der Waals surface area contributed by atoms with Gasteiger partial charge in [-0.3, -0.25) is 4.79 Å². The second-order valence-corrected chi connectivity index (χ2v) is 6.64. The van der Waals surface area contributed by atoms with E-state index in [1.54, 1.807) is 0 Å². The Morgan fingerprint density at radius 2 is 1.41 bits per heavy atom. The molecule has 6 heteroatoms. The van der Waals surface area contributed by atoms with E-state index in [2.05, 4.69) is 10.6 Å². The predicted octanol–water partition coefficient (Wildman–Crippen LogP) is 2.36. The standard InChI is InChI=1S/C21H26N2O4/c1-15(24)22-18(12-16-8-4-2-5-9-16)14-20(25)19(23-21(26)27)13-17-10-6-3-7-11-17/h2-11,18-20,23,25H,12-14H2,1H3,(H,22,24)(H,26,27)/t18-,19-,20-/m0/s1. The fourth-order valence-electron chi connectivity index (χ4n) is 3.15. The number of nitrogens with one attached hydrogen (secondary N) is 2. The van der Waals surface area contributed by atoms with Crippen LogP contribution in [0.25, 0.3) is 0 Å². The zero-order chi connectivity index (χ0) is 19.6. The van der Waals surface area contributed by atoms with E-state index in [0.717, 1.165) is 11.1 Å². The molecule has 2 aromatic rings. The van der Waals surface area contributed by atoms with Crippen molar-refractivity contribution in [1.29, 1.82) is 0 Å². The minimum absolute atomic E-state index is 0.186. The quantitative estimate of drug-likeness (QED) is 0.545. The first kappa shape index (κ1) is 20.5. The molecule has 0 bridgehead atoms.